The van der Waals surface area contributed by atoms with E-state index in [1.807, 2.05) is 0 Å². The minimum Gasteiger partial charge on any atom is -0.465 e. The molecule has 0 fully saturated rings. The summed E-state index contributed by atoms with van der Waals surface area (Å²) in [6.07, 6.45) is 1.55. The van der Waals surface area contributed by atoms with Gasteiger partial charge in [-0.25, -0.2) is 4.99 Å². The molecule has 0 aromatic carbocycles. The zero-order valence-corrected chi connectivity index (χ0v) is 9.65. The summed E-state index contributed by atoms with van der Waals surface area (Å²) in [6.45, 7) is 3.86. The Hall–Kier alpha value is -1.49. The molecule has 6 heteroatoms. The average Bonchev–Trinajstić information content (AvgIpc) is 2.59. The molecule has 0 N–H and O–H groups in total. The van der Waals surface area contributed by atoms with Crippen molar-refractivity contribution in [3.8, 4) is 0 Å². The lowest BCUT2D eigenvalue weighted by atomic mass is 9.95. The van der Waals surface area contributed by atoms with Crippen molar-refractivity contribution in [3.63, 3.8) is 0 Å². The van der Waals surface area contributed by atoms with Crippen LogP contribution in [0.15, 0.2) is 37.7 Å². The highest BCUT2D eigenvalue weighted by Gasteiger charge is 2.33. The van der Waals surface area contributed by atoms with E-state index in [1.54, 1.807) is 19.9 Å². The third-order valence-electron chi connectivity index (χ3n) is 2.29. The third-order valence-corrected chi connectivity index (χ3v) is 2.50. The van der Waals surface area contributed by atoms with Crippen LogP contribution in [-0.2, 0) is 9.53 Å². The molecule has 2 rings (SSSR count). The van der Waals surface area contributed by atoms with Crippen molar-refractivity contribution < 1.29 is 9.53 Å². The van der Waals surface area contributed by atoms with Crippen LogP contribution in [0.25, 0.3) is 0 Å². The molecule has 0 saturated carbocycles. The number of carbonyl (C=O) groups is 1. The summed E-state index contributed by atoms with van der Waals surface area (Å²) < 4.78 is 4.97. The molecular weight excluding hydrogens is 230 g/mol. The summed E-state index contributed by atoms with van der Waals surface area (Å²) in [6, 6.07) is 0. The second kappa shape index (κ2) is 4.17. The SMILES string of the molecule is CCOC(=O)[C@H]1C=C(Cl)N=C2N=NC(C)=C21. The standard InChI is InChI=1S/C10H10ClN3O2/c1-3-16-10(15)6-4-7(11)12-9-8(6)5(2)13-14-9/h4,6H,3H2,1-2H3/t6-/m0/s1. The van der Waals surface area contributed by atoms with Crippen LogP contribution < -0.4 is 0 Å². The number of amidine groups is 1. The molecule has 0 unspecified atom stereocenters. The fourth-order valence-electron chi connectivity index (χ4n) is 1.62. The molecule has 0 amide bonds. The Morgan fingerprint density at radius 2 is 2.31 bits per heavy atom. The van der Waals surface area contributed by atoms with E-state index in [1.165, 1.54) is 0 Å². The van der Waals surface area contributed by atoms with Gasteiger partial charge in [-0.3, -0.25) is 4.79 Å². The summed E-state index contributed by atoms with van der Waals surface area (Å²) in [5.41, 5.74) is 1.36. The first kappa shape index (κ1) is 11.0. The number of azo groups is 1. The molecule has 0 aromatic heterocycles. The maximum absolute atomic E-state index is 11.7. The Morgan fingerprint density at radius 3 is 3.00 bits per heavy atom. The number of rotatable bonds is 2. The van der Waals surface area contributed by atoms with E-state index in [2.05, 4.69) is 15.2 Å². The molecule has 2 aliphatic rings. The summed E-state index contributed by atoms with van der Waals surface area (Å²) in [7, 11) is 0. The molecule has 1 atom stereocenters. The quantitative estimate of drug-likeness (QED) is 0.549. The second-order valence-corrected chi connectivity index (χ2v) is 3.74. The molecule has 2 heterocycles. The average molecular weight is 240 g/mol. The monoisotopic (exact) mass is 239 g/mol. The van der Waals surface area contributed by atoms with Crippen LogP contribution in [0.5, 0.6) is 0 Å². The summed E-state index contributed by atoms with van der Waals surface area (Å²) >= 11 is 5.81. The molecule has 0 radical (unpaired) electrons. The first-order valence-electron chi connectivity index (χ1n) is 4.89. The van der Waals surface area contributed by atoms with E-state index < -0.39 is 5.92 Å². The van der Waals surface area contributed by atoms with E-state index in [-0.39, 0.29) is 11.1 Å². The van der Waals surface area contributed by atoms with Crippen molar-refractivity contribution in [2.24, 2.45) is 21.1 Å². The highest BCUT2D eigenvalue weighted by atomic mass is 35.5. The maximum atomic E-state index is 11.7. The lowest BCUT2D eigenvalue weighted by molar-refractivity contribution is -0.145. The van der Waals surface area contributed by atoms with E-state index in [4.69, 9.17) is 16.3 Å². The minimum atomic E-state index is -0.546. The number of esters is 1. The van der Waals surface area contributed by atoms with E-state index in [0.29, 0.717) is 23.7 Å². The number of nitrogens with zero attached hydrogens (tertiary/aromatic N) is 3. The lowest BCUT2D eigenvalue weighted by Crippen LogP contribution is -2.23. The molecule has 5 nitrogen and oxygen atoms in total. The van der Waals surface area contributed by atoms with Crippen molar-refractivity contribution in [1.82, 2.24) is 0 Å². The molecule has 0 aliphatic carbocycles. The molecule has 0 aromatic rings. The summed E-state index contributed by atoms with van der Waals surface area (Å²) in [5, 5.41) is 7.97. The number of hydrogen-bond donors (Lipinski definition) is 0. The number of fused-ring (bicyclic) bond motifs is 1. The Labute approximate surface area is 97.6 Å². The van der Waals surface area contributed by atoms with Crippen LogP contribution in [0, 0.1) is 5.92 Å². The van der Waals surface area contributed by atoms with Gasteiger partial charge in [0, 0.05) is 5.57 Å². The lowest BCUT2D eigenvalue weighted by Gasteiger charge is -2.16. The largest absolute Gasteiger partial charge is 0.465 e. The molecule has 0 bridgehead atoms. The van der Waals surface area contributed by atoms with Gasteiger partial charge < -0.3 is 4.74 Å². The molecule has 0 saturated heterocycles. The number of ether oxygens (including phenoxy) is 1. The zero-order valence-electron chi connectivity index (χ0n) is 8.90. The normalized spacial score (nSPS) is 22.8. The van der Waals surface area contributed by atoms with E-state index in [9.17, 15) is 4.79 Å². The minimum absolute atomic E-state index is 0.241. The van der Waals surface area contributed by atoms with Gasteiger partial charge in [-0.2, -0.15) is 5.11 Å². The van der Waals surface area contributed by atoms with Crippen LogP contribution in [0.2, 0.25) is 0 Å². The summed E-state index contributed by atoms with van der Waals surface area (Å²) in [4.78, 5) is 15.7. The second-order valence-electron chi connectivity index (χ2n) is 3.35. The summed E-state index contributed by atoms with van der Waals surface area (Å²) in [5.74, 6) is -0.493. The van der Waals surface area contributed by atoms with Crippen LogP contribution >= 0.6 is 11.6 Å². The van der Waals surface area contributed by atoms with Gasteiger partial charge in [0.2, 0.25) is 0 Å². The van der Waals surface area contributed by atoms with Gasteiger partial charge in [0.15, 0.2) is 5.84 Å². The molecule has 16 heavy (non-hydrogen) atoms. The van der Waals surface area contributed by atoms with Crippen molar-refractivity contribution in [3.05, 3.63) is 22.5 Å². The highest BCUT2D eigenvalue weighted by molar-refractivity contribution is 6.31. The number of carbonyl (C=O) groups excluding carboxylic acids is 1. The first-order valence-corrected chi connectivity index (χ1v) is 5.26. The zero-order chi connectivity index (χ0) is 11.7. The Bertz CT molecular complexity index is 463. The van der Waals surface area contributed by atoms with Crippen molar-refractivity contribution in [1.29, 1.82) is 0 Å². The highest BCUT2D eigenvalue weighted by Crippen LogP contribution is 2.32. The predicted octanol–water partition coefficient (Wildman–Crippen LogP) is 2.40. The van der Waals surface area contributed by atoms with E-state index in [0.717, 1.165) is 0 Å². The number of aliphatic imine (C=N–C) groups is 1. The molecular formula is C10H10ClN3O2. The van der Waals surface area contributed by atoms with Gasteiger partial charge in [0.05, 0.1) is 12.3 Å². The van der Waals surface area contributed by atoms with Crippen molar-refractivity contribution in [2.45, 2.75) is 13.8 Å². The number of halogens is 1. The Kier molecular flexibility index (Phi) is 2.87. The third kappa shape index (κ3) is 1.78. The van der Waals surface area contributed by atoms with Gasteiger partial charge in [0.1, 0.15) is 11.1 Å². The van der Waals surface area contributed by atoms with Crippen molar-refractivity contribution >= 4 is 23.4 Å². The van der Waals surface area contributed by atoms with Crippen LogP contribution in [0.1, 0.15) is 13.8 Å². The molecule has 84 valence electrons. The van der Waals surface area contributed by atoms with Crippen LogP contribution in [0.4, 0.5) is 0 Å². The van der Waals surface area contributed by atoms with Gasteiger partial charge in [-0.15, -0.1) is 5.11 Å². The number of allylic oxidation sites excluding steroid dienone is 1. The fraction of sp³-hybridized carbons (Fsp3) is 0.400. The van der Waals surface area contributed by atoms with Gasteiger partial charge in [-0.05, 0) is 19.9 Å². The predicted molar refractivity (Wildman–Crippen MR) is 59.1 cm³/mol. The van der Waals surface area contributed by atoms with Gasteiger partial charge in [0.25, 0.3) is 0 Å². The van der Waals surface area contributed by atoms with Gasteiger partial charge >= 0.3 is 5.97 Å². The molecule has 0 spiro atoms. The Morgan fingerprint density at radius 1 is 1.56 bits per heavy atom. The topological polar surface area (TPSA) is 63.4 Å². The van der Waals surface area contributed by atoms with E-state index >= 15 is 0 Å². The molecule has 2 aliphatic heterocycles. The number of hydrogen-bond acceptors (Lipinski definition) is 5. The van der Waals surface area contributed by atoms with Crippen LogP contribution in [-0.4, -0.2) is 18.4 Å². The van der Waals surface area contributed by atoms with Crippen LogP contribution in [0.3, 0.4) is 0 Å². The van der Waals surface area contributed by atoms with Crippen molar-refractivity contribution in [2.75, 3.05) is 6.61 Å². The first-order chi connectivity index (χ1) is 7.63. The fourth-order valence-corrected chi connectivity index (χ4v) is 1.82. The smallest absolute Gasteiger partial charge is 0.317 e. The Balaban J connectivity index is 2.37. The van der Waals surface area contributed by atoms with Gasteiger partial charge in [-0.1, -0.05) is 11.6 Å². The maximum Gasteiger partial charge on any atom is 0.317 e.